The lowest BCUT2D eigenvalue weighted by atomic mass is 10.8. The number of alkyl halides is 5. The van der Waals surface area contributed by atoms with Gasteiger partial charge in [0.1, 0.15) is 0 Å². The predicted molar refractivity (Wildman–Crippen MR) is 33.6 cm³/mol. The summed E-state index contributed by atoms with van der Waals surface area (Å²) in [5.74, 6) is 0. The van der Waals surface area contributed by atoms with Crippen molar-refractivity contribution in [3.8, 4) is 0 Å². The maximum Gasteiger partial charge on any atom is 0.442 e. The average molecular weight is 279 g/mol. The van der Waals surface area contributed by atoms with E-state index in [1.54, 1.807) is 0 Å². The van der Waals surface area contributed by atoms with Crippen molar-refractivity contribution in [1.29, 1.82) is 0 Å². The molecule has 0 saturated carbocycles. The fourth-order valence-corrected chi connectivity index (χ4v) is 1.53. The van der Waals surface area contributed by atoms with Crippen LogP contribution in [-0.4, -0.2) is 9.84 Å². The van der Waals surface area contributed by atoms with E-state index >= 15 is 0 Å². The standard InChI is InChI=1S/C2Cl2F8S/c3-1(4,5)2(6,7)13(8,9,10,11)12. The zero-order valence-electron chi connectivity index (χ0n) is 5.19. The van der Waals surface area contributed by atoms with Crippen LogP contribution in [0.2, 0.25) is 0 Å². The van der Waals surface area contributed by atoms with Crippen LogP contribution in [0.3, 0.4) is 0 Å². The normalized spacial score (nSPS) is 20.8. The highest BCUT2D eigenvalue weighted by atomic mass is 35.5. The summed E-state index contributed by atoms with van der Waals surface area (Å²) in [7, 11) is -11.4. The third-order valence-electron chi connectivity index (χ3n) is 0.814. The molecular weight excluding hydrogens is 279 g/mol. The van der Waals surface area contributed by atoms with E-state index in [4.69, 9.17) is 0 Å². The third-order valence-corrected chi connectivity index (χ3v) is 2.76. The molecule has 0 atom stereocenters. The Morgan fingerprint density at radius 3 is 1.00 bits per heavy atom. The van der Waals surface area contributed by atoms with E-state index < -0.39 is 20.1 Å². The lowest BCUT2D eigenvalue weighted by Crippen LogP contribution is -2.44. The van der Waals surface area contributed by atoms with Crippen LogP contribution < -0.4 is 0 Å². The Labute approximate surface area is 76.5 Å². The Bertz CT molecular complexity index is 219. The molecule has 0 amide bonds. The van der Waals surface area contributed by atoms with Crippen molar-refractivity contribution in [1.82, 2.24) is 0 Å². The van der Waals surface area contributed by atoms with Gasteiger partial charge < -0.3 is 0 Å². The summed E-state index contributed by atoms with van der Waals surface area (Å²) in [5.41, 5.74) is 0. The molecule has 11 heteroatoms. The van der Waals surface area contributed by atoms with Crippen LogP contribution in [0.4, 0.5) is 32.6 Å². The molecule has 0 rings (SSSR count). The average Bonchev–Trinajstić information content (AvgIpc) is 1.52. The van der Waals surface area contributed by atoms with Gasteiger partial charge in [-0.2, -0.15) is 13.2 Å². The predicted octanol–water partition coefficient (Wildman–Crippen LogP) is 4.98. The topological polar surface area (TPSA) is 0 Å². The summed E-state index contributed by atoms with van der Waals surface area (Å²) in [6, 6.07) is 0. The first kappa shape index (κ1) is 13.4. The minimum absolute atomic E-state index is 3.67. The molecule has 0 aliphatic heterocycles. The van der Waals surface area contributed by atoms with Crippen LogP contribution >= 0.6 is 33.4 Å². The molecule has 0 aliphatic rings. The van der Waals surface area contributed by atoms with Gasteiger partial charge in [-0.15, -0.1) is 0 Å². The van der Waals surface area contributed by atoms with Crippen molar-refractivity contribution < 1.29 is 32.6 Å². The number of hydrogen-bond acceptors (Lipinski definition) is 0. The van der Waals surface area contributed by atoms with Gasteiger partial charge in [-0.3, -0.25) is 0 Å². The molecule has 0 heterocycles. The Balaban J connectivity index is 5.60. The molecule has 0 spiro atoms. The molecule has 0 aromatic heterocycles. The Kier molecular flexibility index (Phi) is 2.20. The molecule has 13 heavy (non-hydrogen) atoms. The summed E-state index contributed by atoms with van der Waals surface area (Å²) in [6.45, 7) is 0. The van der Waals surface area contributed by atoms with Crippen molar-refractivity contribution in [2.75, 3.05) is 0 Å². The fraction of sp³-hybridized carbons (Fsp3) is 1.00. The van der Waals surface area contributed by atoms with Crippen molar-refractivity contribution in [3.63, 3.8) is 0 Å². The van der Waals surface area contributed by atoms with Gasteiger partial charge in [0.15, 0.2) is 0 Å². The van der Waals surface area contributed by atoms with Crippen molar-refractivity contribution in [2.24, 2.45) is 0 Å². The van der Waals surface area contributed by atoms with E-state index in [2.05, 4.69) is 23.2 Å². The van der Waals surface area contributed by atoms with Gasteiger partial charge in [-0.25, -0.2) is 0 Å². The third kappa shape index (κ3) is 2.24. The highest BCUT2D eigenvalue weighted by Gasteiger charge is 2.90. The molecule has 0 nitrogen and oxygen atoms in total. The lowest BCUT2D eigenvalue weighted by molar-refractivity contribution is -0.0172. The number of hydrogen-bond donors (Lipinski definition) is 0. The molecule has 0 bridgehead atoms. The Morgan fingerprint density at radius 2 is 1.00 bits per heavy atom. The van der Waals surface area contributed by atoms with Crippen LogP contribution in [0.1, 0.15) is 0 Å². The van der Waals surface area contributed by atoms with E-state index in [9.17, 15) is 32.6 Å². The fourth-order valence-electron chi connectivity index (χ4n) is 0.219. The molecule has 0 radical (unpaired) electrons. The van der Waals surface area contributed by atoms with Crippen LogP contribution in [0.5, 0.6) is 0 Å². The molecule has 0 aromatic carbocycles. The summed E-state index contributed by atoms with van der Waals surface area (Å²) in [6.07, 6.45) is 0. The zero-order chi connectivity index (χ0) is 11.4. The van der Waals surface area contributed by atoms with Gasteiger partial charge in [0.25, 0.3) is 0 Å². The maximum atomic E-state index is 11.8. The molecule has 0 N–H and O–H groups in total. The molecule has 84 valence electrons. The quantitative estimate of drug-likeness (QED) is 0.494. The molecular formula is C2Cl2F8S. The van der Waals surface area contributed by atoms with E-state index in [-0.39, 0.29) is 0 Å². The second-order valence-corrected chi connectivity index (χ2v) is 5.67. The first-order chi connectivity index (χ1) is 5.00. The Morgan fingerprint density at radius 1 is 0.769 bits per heavy atom. The summed E-state index contributed by atoms with van der Waals surface area (Å²) in [4.78, 5) is 0. The monoisotopic (exact) mass is 278 g/mol. The summed E-state index contributed by atoms with van der Waals surface area (Å²) in [5, 5.41) is -7.10. The van der Waals surface area contributed by atoms with Crippen LogP contribution in [-0.2, 0) is 0 Å². The minimum atomic E-state index is -11.4. The van der Waals surface area contributed by atoms with E-state index in [0.717, 1.165) is 0 Å². The van der Waals surface area contributed by atoms with Gasteiger partial charge in [0.05, 0.1) is 0 Å². The van der Waals surface area contributed by atoms with Crippen molar-refractivity contribution >= 4 is 33.4 Å². The molecule has 0 saturated heterocycles. The van der Waals surface area contributed by atoms with Crippen LogP contribution in [0.25, 0.3) is 0 Å². The van der Waals surface area contributed by atoms with Gasteiger partial charge in [0.2, 0.25) is 0 Å². The SMILES string of the molecule is FC(Cl)(Cl)C(F)(F)S(F)(F)(F)(F)F. The summed E-state index contributed by atoms with van der Waals surface area (Å²) < 4.78 is 86.5. The minimum Gasteiger partial charge on any atom is -0.200 e. The molecule has 0 unspecified atom stereocenters. The first-order valence-electron chi connectivity index (χ1n) is 2.17. The van der Waals surface area contributed by atoms with Crippen LogP contribution in [0.15, 0.2) is 0 Å². The first-order valence-corrected chi connectivity index (χ1v) is 4.88. The van der Waals surface area contributed by atoms with Gasteiger partial charge in [-0.05, 0) is 0 Å². The molecule has 0 aromatic rings. The van der Waals surface area contributed by atoms with Crippen molar-refractivity contribution in [2.45, 2.75) is 9.84 Å². The second-order valence-electron chi connectivity index (χ2n) is 1.98. The van der Waals surface area contributed by atoms with E-state index in [0.29, 0.717) is 0 Å². The van der Waals surface area contributed by atoms with Crippen LogP contribution in [0, 0.1) is 0 Å². The molecule has 0 aliphatic carbocycles. The smallest absolute Gasteiger partial charge is 0.200 e. The number of rotatable bonds is 2. The van der Waals surface area contributed by atoms with Gasteiger partial charge in [0, 0.05) is 0 Å². The second kappa shape index (κ2) is 2.13. The van der Waals surface area contributed by atoms with Gasteiger partial charge in [-0.1, -0.05) is 42.6 Å². The number of halogens is 10. The lowest BCUT2D eigenvalue weighted by Gasteiger charge is -2.47. The van der Waals surface area contributed by atoms with E-state index in [1.807, 2.05) is 0 Å². The van der Waals surface area contributed by atoms with E-state index in [1.165, 1.54) is 0 Å². The van der Waals surface area contributed by atoms with Gasteiger partial charge >= 0.3 is 20.1 Å². The van der Waals surface area contributed by atoms with Crippen molar-refractivity contribution in [3.05, 3.63) is 0 Å². The zero-order valence-corrected chi connectivity index (χ0v) is 7.52. The summed E-state index contributed by atoms with van der Waals surface area (Å²) >= 11 is 7.33. The maximum absolute atomic E-state index is 11.8. The Hall–Kier alpha value is 0.370. The molecule has 0 fully saturated rings. The highest BCUT2D eigenvalue weighted by Crippen LogP contribution is 3.05. The largest absolute Gasteiger partial charge is 0.442 e. The highest BCUT2D eigenvalue weighted by molar-refractivity contribution is 8.46.